The molecule has 2 aromatic carbocycles. The van der Waals surface area contributed by atoms with Gasteiger partial charge in [-0.3, -0.25) is 4.99 Å². The minimum Gasteiger partial charge on any atom is -0.254 e. The Kier molecular flexibility index (Phi) is 42.7. The van der Waals surface area contributed by atoms with Crippen molar-refractivity contribution in [2.45, 2.75) is 258 Å². The molecule has 0 aliphatic rings. The number of para-hydroxylation sites is 2. The van der Waals surface area contributed by atoms with Gasteiger partial charge in [0.05, 0.1) is 17.6 Å². The Bertz CT molecular complexity index is 1490. The van der Waals surface area contributed by atoms with Crippen LogP contribution in [0.1, 0.15) is 257 Å². The monoisotopic (exact) mass is 951 g/mol. The molecule has 2 nitrogen and oxygen atoms in total. The quantitative estimate of drug-likeness (QED) is 0.0209. The molecular formula is C60H96N2Pd. The van der Waals surface area contributed by atoms with Crippen LogP contribution in [0.2, 0.25) is 0 Å². The predicted octanol–water partition coefficient (Wildman–Crippen LogP) is 20.1. The van der Waals surface area contributed by atoms with Gasteiger partial charge in [0.15, 0.2) is 0 Å². The molecular weight excluding hydrogens is 855 g/mol. The van der Waals surface area contributed by atoms with Gasteiger partial charge in [-0.05, 0) is 99.8 Å². The van der Waals surface area contributed by atoms with Crippen molar-refractivity contribution >= 4 is 23.3 Å². The third-order valence-corrected chi connectivity index (χ3v) is 12.3. The van der Waals surface area contributed by atoms with Crippen LogP contribution in [0.3, 0.4) is 0 Å². The van der Waals surface area contributed by atoms with Gasteiger partial charge < -0.3 is 0 Å². The summed E-state index contributed by atoms with van der Waals surface area (Å²) >= 11 is 0. The number of unbranched alkanes of at least 4 members (excludes halogenated alkanes) is 30. The maximum atomic E-state index is 5.19. The SMILES string of the molecule is CCCCCCCCC=CCCCc1ccccc1N=CC(C#CCCCCCCCCCCCCCCCCCC)=Nc1ccccc1CCCC=CCCCCCCCC.[Pd]. The summed E-state index contributed by atoms with van der Waals surface area (Å²) in [5.41, 5.74) is 5.44. The van der Waals surface area contributed by atoms with E-state index in [1.54, 1.807) is 0 Å². The zero-order valence-electron chi connectivity index (χ0n) is 41.4. The molecule has 0 fully saturated rings. The Morgan fingerprint density at radius 3 is 1.21 bits per heavy atom. The van der Waals surface area contributed by atoms with Gasteiger partial charge in [0.25, 0.3) is 0 Å². The Balaban J connectivity index is 0.0000198. The first kappa shape index (κ1) is 58.5. The van der Waals surface area contributed by atoms with Gasteiger partial charge in [-0.2, -0.15) is 0 Å². The van der Waals surface area contributed by atoms with Gasteiger partial charge in [0.2, 0.25) is 0 Å². The van der Waals surface area contributed by atoms with E-state index in [1.807, 2.05) is 6.21 Å². The van der Waals surface area contributed by atoms with Crippen molar-refractivity contribution in [3.05, 3.63) is 84.0 Å². The molecule has 0 amide bonds. The number of hydrogen-bond acceptors (Lipinski definition) is 2. The second-order valence-corrected chi connectivity index (χ2v) is 18.2. The molecule has 0 unspecified atom stereocenters. The molecule has 0 aliphatic heterocycles. The second-order valence-electron chi connectivity index (χ2n) is 18.2. The Hall–Kier alpha value is -2.52. The standard InChI is InChI=1S/C60H96N2.Pd/c1-4-7-10-13-16-19-22-23-24-25-26-27-28-31-34-37-40-43-52-58(62-60-54-47-45-51-57(60)49-42-39-36-33-30-21-18-15-12-9-6-3)55-61-59-53-46-44-50-56(59)48-41-38-35-32-29-20-17-14-11-8-5-2;/h32-33,35-36,44-47,50-51,53-55H,4-31,34,37-42,48-49H2,1-3H3;. The van der Waals surface area contributed by atoms with E-state index in [9.17, 15) is 0 Å². The average molecular weight is 952 g/mol. The number of aryl methyl sites for hydroxylation is 2. The normalized spacial score (nSPS) is 11.8. The van der Waals surface area contributed by atoms with Crippen molar-refractivity contribution in [3.63, 3.8) is 0 Å². The van der Waals surface area contributed by atoms with Gasteiger partial charge in [-0.15, -0.1) is 0 Å². The molecule has 0 atom stereocenters. The van der Waals surface area contributed by atoms with Crippen molar-refractivity contribution in [1.82, 2.24) is 0 Å². The minimum atomic E-state index is 0. The van der Waals surface area contributed by atoms with E-state index in [1.165, 1.54) is 197 Å². The molecule has 0 aliphatic carbocycles. The van der Waals surface area contributed by atoms with Crippen LogP contribution in [0.4, 0.5) is 11.4 Å². The topological polar surface area (TPSA) is 24.7 Å². The first-order valence-corrected chi connectivity index (χ1v) is 26.9. The Labute approximate surface area is 405 Å². The summed E-state index contributed by atoms with van der Waals surface area (Å²) in [5.74, 6) is 6.97. The van der Waals surface area contributed by atoms with E-state index < -0.39 is 0 Å². The van der Waals surface area contributed by atoms with E-state index in [0.717, 1.165) is 68.5 Å². The molecule has 0 saturated carbocycles. The summed E-state index contributed by atoms with van der Waals surface area (Å²) in [6.07, 6.45) is 60.0. The molecule has 2 aromatic rings. The van der Waals surface area contributed by atoms with Crippen LogP contribution < -0.4 is 0 Å². The predicted molar refractivity (Wildman–Crippen MR) is 280 cm³/mol. The Morgan fingerprint density at radius 2 is 0.762 bits per heavy atom. The fourth-order valence-electron chi connectivity index (χ4n) is 8.32. The molecule has 2 rings (SSSR count). The van der Waals surface area contributed by atoms with Crippen LogP contribution in [0, 0.1) is 11.8 Å². The average Bonchev–Trinajstić information content (AvgIpc) is 3.29. The van der Waals surface area contributed by atoms with Crippen LogP contribution in [0.5, 0.6) is 0 Å². The number of rotatable bonds is 41. The van der Waals surface area contributed by atoms with Gasteiger partial charge in [-0.1, -0.05) is 248 Å². The number of aliphatic imine (C=N–C) groups is 2. The fourth-order valence-corrected chi connectivity index (χ4v) is 8.32. The molecule has 0 radical (unpaired) electrons. The zero-order chi connectivity index (χ0) is 44.1. The summed E-state index contributed by atoms with van der Waals surface area (Å²) in [6, 6.07) is 17.3. The van der Waals surface area contributed by atoms with Gasteiger partial charge >= 0.3 is 0 Å². The van der Waals surface area contributed by atoms with Gasteiger partial charge in [0, 0.05) is 26.8 Å². The van der Waals surface area contributed by atoms with Crippen molar-refractivity contribution in [2.75, 3.05) is 0 Å². The molecule has 0 aromatic heterocycles. The van der Waals surface area contributed by atoms with Crippen molar-refractivity contribution < 1.29 is 20.4 Å². The van der Waals surface area contributed by atoms with Crippen LogP contribution in [-0.2, 0) is 33.3 Å². The van der Waals surface area contributed by atoms with Crippen LogP contribution in [0.25, 0.3) is 0 Å². The smallest absolute Gasteiger partial charge is 0.132 e. The van der Waals surface area contributed by atoms with E-state index >= 15 is 0 Å². The fraction of sp³-hybridized carbons (Fsp3) is 0.667. The second kappa shape index (κ2) is 46.0. The van der Waals surface area contributed by atoms with Crippen molar-refractivity contribution in [2.24, 2.45) is 9.98 Å². The third kappa shape index (κ3) is 35.4. The molecule has 0 bridgehead atoms. The molecule has 3 heteroatoms. The minimum absolute atomic E-state index is 0. The van der Waals surface area contributed by atoms with Gasteiger partial charge in [-0.25, -0.2) is 4.99 Å². The molecule has 0 heterocycles. The summed E-state index contributed by atoms with van der Waals surface area (Å²) in [4.78, 5) is 10.2. The van der Waals surface area contributed by atoms with E-state index in [0.29, 0.717) is 0 Å². The van der Waals surface area contributed by atoms with E-state index in [-0.39, 0.29) is 20.4 Å². The first-order valence-electron chi connectivity index (χ1n) is 26.9. The largest absolute Gasteiger partial charge is 0.254 e. The summed E-state index contributed by atoms with van der Waals surface area (Å²) in [5, 5.41) is 0. The zero-order valence-corrected chi connectivity index (χ0v) is 42.9. The first-order chi connectivity index (χ1) is 30.8. The van der Waals surface area contributed by atoms with Crippen molar-refractivity contribution in [3.8, 4) is 11.8 Å². The summed E-state index contributed by atoms with van der Waals surface area (Å²) < 4.78 is 0. The molecule has 63 heavy (non-hydrogen) atoms. The molecule has 0 N–H and O–H groups in total. The summed E-state index contributed by atoms with van der Waals surface area (Å²) in [7, 11) is 0. The van der Waals surface area contributed by atoms with E-state index in [2.05, 4.69) is 105 Å². The molecule has 356 valence electrons. The Morgan fingerprint density at radius 1 is 0.413 bits per heavy atom. The van der Waals surface area contributed by atoms with Crippen LogP contribution >= 0.6 is 0 Å². The molecule has 0 spiro atoms. The maximum absolute atomic E-state index is 5.19. The maximum Gasteiger partial charge on any atom is 0.132 e. The number of benzene rings is 2. The van der Waals surface area contributed by atoms with Crippen LogP contribution in [0.15, 0.2) is 82.8 Å². The summed E-state index contributed by atoms with van der Waals surface area (Å²) in [6.45, 7) is 6.88. The van der Waals surface area contributed by atoms with Gasteiger partial charge in [0.1, 0.15) is 5.71 Å². The van der Waals surface area contributed by atoms with Crippen LogP contribution in [-0.4, -0.2) is 11.9 Å². The number of allylic oxidation sites excluding steroid dienone is 4. The number of nitrogens with zero attached hydrogens (tertiary/aromatic N) is 2. The number of hydrogen-bond donors (Lipinski definition) is 0. The van der Waals surface area contributed by atoms with Crippen molar-refractivity contribution in [1.29, 1.82) is 0 Å². The third-order valence-electron chi connectivity index (χ3n) is 12.3. The van der Waals surface area contributed by atoms with E-state index in [4.69, 9.17) is 9.98 Å². The molecule has 0 saturated heterocycles.